The number of fused-ring (bicyclic) bond motifs is 1. The Labute approximate surface area is 172 Å². The molecule has 4 rings (SSSR count). The van der Waals surface area contributed by atoms with Gasteiger partial charge in [0.05, 0.1) is 17.4 Å². The van der Waals surface area contributed by atoms with Gasteiger partial charge in [0.1, 0.15) is 5.82 Å². The first-order chi connectivity index (χ1) is 14.1. The molecule has 1 atom stereocenters. The summed E-state index contributed by atoms with van der Waals surface area (Å²) in [5.74, 6) is -1.21. The van der Waals surface area contributed by atoms with E-state index in [1.54, 1.807) is 23.9 Å². The van der Waals surface area contributed by atoms with Gasteiger partial charge < -0.3 is 15.7 Å². The van der Waals surface area contributed by atoms with Gasteiger partial charge >= 0.3 is 5.97 Å². The van der Waals surface area contributed by atoms with E-state index in [4.69, 9.17) is 0 Å². The van der Waals surface area contributed by atoms with Crippen LogP contribution in [0.3, 0.4) is 0 Å². The number of pyridine rings is 1. The Hall–Kier alpha value is -2.90. The summed E-state index contributed by atoms with van der Waals surface area (Å²) in [6, 6.07) is 14.4. The molecule has 0 bridgehead atoms. The third-order valence-electron chi connectivity index (χ3n) is 4.87. The zero-order valence-electron chi connectivity index (χ0n) is 15.6. The third kappa shape index (κ3) is 4.58. The van der Waals surface area contributed by atoms with Gasteiger partial charge in [0.2, 0.25) is 0 Å². The quantitative estimate of drug-likeness (QED) is 0.561. The highest BCUT2D eigenvalue weighted by atomic mass is 32.2. The van der Waals surface area contributed by atoms with Crippen molar-refractivity contribution in [2.75, 3.05) is 18.4 Å². The Morgan fingerprint density at radius 3 is 2.79 bits per heavy atom. The highest BCUT2D eigenvalue weighted by molar-refractivity contribution is 7.99. The van der Waals surface area contributed by atoms with Gasteiger partial charge in [0.25, 0.3) is 0 Å². The summed E-state index contributed by atoms with van der Waals surface area (Å²) in [7, 11) is 0. The lowest BCUT2D eigenvalue weighted by atomic mass is 9.94. The number of rotatable bonds is 6. The monoisotopic (exact) mass is 409 g/mol. The second-order valence-electron chi connectivity index (χ2n) is 6.78. The molecular formula is C22H20FN3O2S. The van der Waals surface area contributed by atoms with Crippen LogP contribution in [-0.4, -0.2) is 29.1 Å². The molecule has 0 fully saturated rings. The van der Waals surface area contributed by atoms with Crippen LogP contribution < -0.4 is 10.6 Å². The van der Waals surface area contributed by atoms with E-state index in [0.717, 1.165) is 22.8 Å². The summed E-state index contributed by atoms with van der Waals surface area (Å²) >= 11 is 1.61. The van der Waals surface area contributed by atoms with Gasteiger partial charge in [-0.05, 0) is 66.6 Å². The molecule has 0 radical (unpaired) electrons. The summed E-state index contributed by atoms with van der Waals surface area (Å²) in [6.45, 7) is 1.41. The third-order valence-corrected chi connectivity index (χ3v) is 5.87. The van der Waals surface area contributed by atoms with E-state index in [9.17, 15) is 14.3 Å². The number of anilines is 1. The molecule has 3 N–H and O–H groups in total. The van der Waals surface area contributed by atoms with Crippen molar-refractivity contribution in [3.05, 3.63) is 83.4 Å². The Balaban J connectivity index is 1.48. The maximum atomic E-state index is 13.1. The standard InChI is InChI=1S/C22H20FN3O2S/c23-15-1-3-16(4-2-15)29-17-5-6-18-14(11-17)7-10-25-21(18)13-26-20-12-24-9-8-19(20)22(27)28/h1-6,8-9,11-12,21,25-26H,7,10,13H2,(H,27,28)/t21-/m1/s1. The van der Waals surface area contributed by atoms with Crippen molar-refractivity contribution in [2.45, 2.75) is 22.3 Å². The molecule has 2 aromatic carbocycles. The first-order valence-corrected chi connectivity index (χ1v) is 10.1. The Bertz CT molecular complexity index is 1030. The lowest BCUT2D eigenvalue weighted by Gasteiger charge is -2.28. The number of aromatic nitrogens is 1. The number of nitrogens with one attached hydrogen (secondary N) is 2. The molecular weight excluding hydrogens is 389 g/mol. The minimum absolute atomic E-state index is 0.0745. The highest BCUT2D eigenvalue weighted by Crippen LogP contribution is 2.32. The lowest BCUT2D eigenvalue weighted by Crippen LogP contribution is -2.34. The molecule has 29 heavy (non-hydrogen) atoms. The van der Waals surface area contributed by atoms with E-state index >= 15 is 0 Å². The number of hydrogen-bond acceptors (Lipinski definition) is 5. The van der Waals surface area contributed by atoms with Crippen molar-refractivity contribution in [2.24, 2.45) is 0 Å². The largest absolute Gasteiger partial charge is 0.478 e. The van der Waals surface area contributed by atoms with Crippen molar-refractivity contribution >= 4 is 23.4 Å². The second kappa shape index (κ2) is 8.63. The van der Waals surface area contributed by atoms with Crippen LogP contribution in [0.5, 0.6) is 0 Å². The summed E-state index contributed by atoms with van der Waals surface area (Å²) in [6.07, 6.45) is 3.94. The molecule has 7 heteroatoms. The summed E-state index contributed by atoms with van der Waals surface area (Å²) < 4.78 is 13.1. The fourth-order valence-electron chi connectivity index (χ4n) is 3.45. The van der Waals surface area contributed by atoms with Gasteiger partial charge in [0, 0.05) is 28.6 Å². The molecule has 0 spiro atoms. The smallest absolute Gasteiger partial charge is 0.337 e. The zero-order chi connectivity index (χ0) is 20.2. The molecule has 0 unspecified atom stereocenters. The van der Waals surface area contributed by atoms with Gasteiger partial charge in [-0.15, -0.1) is 0 Å². The van der Waals surface area contributed by atoms with E-state index in [0.29, 0.717) is 12.2 Å². The molecule has 0 saturated heterocycles. The molecule has 2 heterocycles. The van der Waals surface area contributed by atoms with Crippen molar-refractivity contribution in [1.82, 2.24) is 10.3 Å². The number of carbonyl (C=O) groups is 1. The van der Waals surface area contributed by atoms with Crippen molar-refractivity contribution in [3.63, 3.8) is 0 Å². The summed E-state index contributed by atoms with van der Waals surface area (Å²) in [4.78, 5) is 17.5. The average Bonchev–Trinajstić information content (AvgIpc) is 2.74. The number of benzene rings is 2. The highest BCUT2D eigenvalue weighted by Gasteiger charge is 2.21. The number of hydrogen-bond donors (Lipinski definition) is 3. The summed E-state index contributed by atoms with van der Waals surface area (Å²) in [5, 5.41) is 16.0. The molecule has 1 aliphatic rings. The maximum Gasteiger partial charge on any atom is 0.337 e. The van der Waals surface area contributed by atoms with Crippen molar-refractivity contribution in [1.29, 1.82) is 0 Å². The molecule has 0 saturated carbocycles. The molecule has 1 aliphatic heterocycles. The van der Waals surface area contributed by atoms with Crippen LogP contribution >= 0.6 is 11.8 Å². The number of carboxylic acids is 1. The van der Waals surface area contributed by atoms with Crippen LogP contribution in [0.25, 0.3) is 0 Å². The second-order valence-corrected chi connectivity index (χ2v) is 7.93. The summed E-state index contributed by atoms with van der Waals surface area (Å²) in [5.41, 5.74) is 3.19. The van der Waals surface area contributed by atoms with E-state index in [1.165, 1.54) is 41.7 Å². The molecule has 3 aromatic rings. The van der Waals surface area contributed by atoms with E-state index in [2.05, 4.69) is 33.8 Å². The molecule has 0 amide bonds. The number of aromatic carboxylic acids is 1. The van der Waals surface area contributed by atoms with E-state index < -0.39 is 5.97 Å². The van der Waals surface area contributed by atoms with Crippen molar-refractivity contribution in [3.8, 4) is 0 Å². The topological polar surface area (TPSA) is 74.2 Å². The van der Waals surface area contributed by atoms with Gasteiger partial charge in [-0.2, -0.15) is 0 Å². The van der Waals surface area contributed by atoms with Crippen LogP contribution in [0.1, 0.15) is 27.5 Å². The van der Waals surface area contributed by atoms with Crippen LogP contribution in [0.2, 0.25) is 0 Å². The van der Waals surface area contributed by atoms with E-state index in [-0.39, 0.29) is 17.4 Å². The lowest BCUT2D eigenvalue weighted by molar-refractivity contribution is 0.0697. The van der Waals surface area contributed by atoms with Crippen LogP contribution in [0, 0.1) is 5.82 Å². The Morgan fingerprint density at radius 1 is 1.21 bits per heavy atom. The predicted molar refractivity (Wildman–Crippen MR) is 111 cm³/mol. The van der Waals surface area contributed by atoms with Crippen LogP contribution in [0.4, 0.5) is 10.1 Å². The number of halogens is 1. The van der Waals surface area contributed by atoms with Gasteiger partial charge in [-0.3, -0.25) is 4.98 Å². The maximum absolute atomic E-state index is 13.1. The first-order valence-electron chi connectivity index (χ1n) is 9.31. The fourth-order valence-corrected chi connectivity index (χ4v) is 4.33. The van der Waals surface area contributed by atoms with Gasteiger partial charge in [-0.25, -0.2) is 9.18 Å². The predicted octanol–water partition coefficient (Wildman–Crippen LogP) is 4.37. The Morgan fingerprint density at radius 2 is 2.00 bits per heavy atom. The van der Waals surface area contributed by atoms with E-state index in [1.807, 2.05) is 0 Å². The molecule has 1 aromatic heterocycles. The fraction of sp³-hybridized carbons (Fsp3) is 0.182. The molecule has 5 nitrogen and oxygen atoms in total. The molecule has 0 aliphatic carbocycles. The van der Waals surface area contributed by atoms with Crippen molar-refractivity contribution < 1.29 is 14.3 Å². The minimum atomic E-state index is -0.977. The minimum Gasteiger partial charge on any atom is -0.478 e. The number of nitrogens with zero attached hydrogens (tertiary/aromatic N) is 1. The van der Waals surface area contributed by atoms with Gasteiger partial charge in [0.15, 0.2) is 0 Å². The van der Waals surface area contributed by atoms with Crippen LogP contribution in [0.15, 0.2) is 70.7 Å². The first kappa shape index (κ1) is 19.4. The van der Waals surface area contributed by atoms with Crippen LogP contribution in [-0.2, 0) is 6.42 Å². The number of carboxylic acid groups (broad SMARTS) is 1. The normalized spacial score (nSPS) is 15.6. The SMILES string of the molecule is O=C(O)c1ccncc1NC[C@H]1NCCc2cc(Sc3ccc(F)cc3)ccc21. The average molecular weight is 409 g/mol. The zero-order valence-corrected chi connectivity index (χ0v) is 16.4. The molecule has 148 valence electrons. The van der Waals surface area contributed by atoms with Gasteiger partial charge in [-0.1, -0.05) is 17.8 Å². The Kier molecular flexibility index (Phi) is 5.78.